The fourth-order valence-corrected chi connectivity index (χ4v) is 1.95. The number of benzene rings is 1. The summed E-state index contributed by atoms with van der Waals surface area (Å²) in [5, 5.41) is 0. The van der Waals surface area contributed by atoms with Gasteiger partial charge in [-0.3, -0.25) is 4.79 Å². The number of halogens is 1. The Morgan fingerprint density at radius 3 is 2.43 bits per heavy atom. The molecule has 0 saturated heterocycles. The maximum absolute atomic E-state index is 11.3. The molecule has 4 heteroatoms. The molecule has 0 spiro atoms. The Labute approximate surface area is 96.8 Å². The van der Waals surface area contributed by atoms with Gasteiger partial charge in [-0.05, 0) is 24.3 Å². The number of hydrogen-bond donors (Lipinski definition) is 0. The molecule has 0 unspecified atom stereocenters. The monoisotopic (exact) mass is 273 g/mol. The highest BCUT2D eigenvalue weighted by molar-refractivity contribution is 9.10. The van der Waals surface area contributed by atoms with E-state index >= 15 is 0 Å². The molecule has 0 fully saturated rings. The Morgan fingerprint density at radius 2 is 1.93 bits per heavy atom. The Morgan fingerprint density at radius 1 is 1.36 bits per heavy atom. The van der Waals surface area contributed by atoms with Crippen molar-refractivity contribution in [3.8, 4) is 0 Å². The Balaban J connectivity index is 2.46. The average Bonchev–Trinajstić information content (AvgIpc) is 2.16. The fraction of sp³-hybridized carbons (Fsp3) is 0.300. The highest BCUT2D eigenvalue weighted by Gasteiger charge is 2.04. The Kier molecular flexibility index (Phi) is 4.48. The molecule has 76 valence electrons. The van der Waals surface area contributed by atoms with E-state index in [4.69, 9.17) is 0 Å². The standard InChI is InChI=1S/C10H12BrNOS/c1-12(2)10(13)7-14-9-5-3-8(11)4-6-9/h3-6H,7H2,1-2H3. The first-order valence-corrected chi connectivity index (χ1v) is 5.96. The molecular formula is C10H12BrNOS. The third-order valence-electron chi connectivity index (χ3n) is 1.67. The number of carbonyl (C=O) groups excluding carboxylic acids is 1. The number of hydrogen-bond acceptors (Lipinski definition) is 2. The van der Waals surface area contributed by atoms with Gasteiger partial charge in [0.05, 0.1) is 5.75 Å². The van der Waals surface area contributed by atoms with E-state index in [0.29, 0.717) is 5.75 Å². The van der Waals surface area contributed by atoms with Gasteiger partial charge in [0.1, 0.15) is 0 Å². The van der Waals surface area contributed by atoms with E-state index in [1.54, 1.807) is 30.8 Å². The van der Waals surface area contributed by atoms with Crippen molar-refractivity contribution in [2.75, 3.05) is 19.8 Å². The van der Waals surface area contributed by atoms with Crippen LogP contribution in [0.1, 0.15) is 0 Å². The third kappa shape index (κ3) is 3.72. The summed E-state index contributed by atoms with van der Waals surface area (Å²) in [6, 6.07) is 7.94. The van der Waals surface area contributed by atoms with Crippen LogP contribution in [0.4, 0.5) is 0 Å². The summed E-state index contributed by atoms with van der Waals surface area (Å²) in [5.41, 5.74) is 0. The summed E-state index contributed by atoms with van der Waals surface area (Å²) < 4.78 is 1.06. The zero-order valence-electron chi connectivity index (χ0n) is 8.16. The third-order valence-corrected chi connectivity index (χ3v) is 3.20. The summed E-state index contributed by atoms with van der Waals surface area (Å²) in [6.45, 7) is 0. The van der Waals surface area contributed by atoms with Crippen LogP contribution < -0.4 is 0 Å². The number of thioether (sulfide) groups is 1. The van der Waals surface area contributed by atoms with E-state index < -0.39 is 0 Å². The van der Waals surface area contributed by atoms with Gasteiger partial charge in [0.15, 0.2) is 0 Å². The predicted molar refractivity (Wildman–Crippen MR) is 63.6 cm³/mol. The zero-order valence-corrected chi connectivity index (χ0v) is 10.6. The van der Waals surface area contributed by atoms with Crippen LogP contribution in [0.2, 0.25) is 0 Å². The molecule has 0 aliphatic heterocycles. The smallest absolute Gasteiger partial charge is 0.232 e. The minimum Gasteiger partial charge on any atom is -0.348 e. The van der Waals surface area contributed by atoms with Gasteiger partial charge in [-0.25, -0.2) is 0 Å². The first kappa shape index (κ1) is 11.6. The summed E-state index contributed by atoms with van der Waals surface area (Å²) in [6.07, 6.45) is 0. The van der Waals surface area contributed by atoms with Gasteiger partial charge in [-0.2, -0.15) is 0 Å². The number of rotatable bonds is 3. The molecule has 0 aliphatic rings. The van der Waals surface area contributed by atoms with Crippen molar-refractivity contribution in [3.05, 3.63) is 28.7 Å². The maximum atomic E-state index is 11.3. The van der Waals surface area contributed by atoms with Crippen LogP contribution in [0.3, 0.4) is 0 Å². The topological polar surface area (TPSA) is 20.3 Å². The SMILES string of the molecule is CN(C)C(=O)CSc1ccc(Br)cc1. The molecule has 1 aromatic rings. The second-order valence-corrected chi connectivity index (χ2v) is 5.00. The van der Waals surface area contributed by atoms with Crippen LogP contribution in [0, 0.1) is 0 Å². The fourth-order valence-electron chi connectivity index (χ4n) is 0.805. The van der Waals surface area contributed by atoms with E-state index in [-0.39, 0.29) is 5.91 Å². The van der Waals surface area contributed by atoms with E-state index in [1.165, 1.54) is 0 Å². The van der Waals surface area contributed by atoms with E-state index in [2.05, 4.69) is 15.9 Å². The van der Waals surface area contributed by atoms with Crippen LogP contribution in [0.5, 0.6) is 0 Å². The molecule has 2 nitrogen and oxygen atoms in total. The summed E-state index contributed by atoms with van der Waals surface area (Å²) >= 11 is 4.92. The van der Waals surface area contributed by atoms with Crippen molar-refractivity contribution in [2.24, 2.45) is 0 Å². The molecule has 0 aliphatic carbocycles. The normalized spacial score (nSPS) is 9.93. The van der Waals surface area contributed by atoms with Gasteiger partial charge in [-0.1, -0.05) is 15.9 Å². The van der Waals surface area contributed by atoms with Crippen molar-refractivity contribution in [3.63, 3.8) is 0 Å². The number of nitrogens with zero attached hydrogens (tertiary/aromatic N) is 1. The lowest BCUT2D eigenvalue weighted by Crippen LogP contribution is -2.23. The molecule has 14 heavy (non-hydrogen) atoms. The van der Waals surface area contributed by atoms with Gasteiger partial charge < -0.3 is 4.90 Å². The molecule has 0 bridgehead atoms. The van der Waals surface area contributed by atoms with Crippen molar-refractivity contribution >= 4 is 33.6 Å². The average molecular weight is 274 g/mol. The van der Waals surface area contributed by atoms with Crippen molar-refractivity contribution in [2.45, 2.75) is 4.90 Å². The first-order valence-electron chi connectivity index (χ1n) is 4.18. The summed E-state index contributed by atoms with van der Waals surface area (Å²) in [4.78, 5) is 14.0. The first-order chi connectivity index (χ1) is 6.59. The van der Waals surface area contributed by atoms with Crippen LogP contribution in [0.15, 0.2) is 33.6 Å². The molecule has 1 amide bonds. The molecule has 1 aromatic carbocycles. The minimum atomic E-state index is 0.137. The van der Waals surface area contributed by atoms with Crippen molar-refractivity contribution in [1.82, 2.24) is 4.90 Å². The molecule has 0 heterocycles. The Hall–Kier alpha value is -0.480. The number of carbonyl (C=O) groups is 1. The van der Waals surface area contributed by atoms with Crippen molar-refractivity contribution in [1.29, 1.82) is 0 Å². The van der Waals surface area contributed by atoms with Crippen LogP contribution in [-0.2, 0) is 4.79 Å². The maximum Gasteiger partial charge on any atom is 0.232 e. The molecule has 0 saturated carbocycles. The lowest BCUT2D eigenvalue weighted by atomic mass is 10.4. The highest BCUT2D eigenvalue weighted by atomic mass is 79.9. The van der Waals surface area contributed by atoms with Gasteiger partial charge in [0.2, 0.25) is 5.91 Å². The van der Waals surface area contributed by atoms with Gasteiger partial charge >= 0.3 is 0 Å². The quantitative estimate of drug-likeness (QED) is 0.790. The van der Waals surface area contributed by atoms with Crippen LogP contribution in [0.25, 0.3) is 0 Å². The van der Waals surface area contributed by atoms with Gasteiger partial charge in [-0.15, -0.1) is 11.8 Å². The van der Waals surface area contributed by atoms with E-state index in [9.17, 15) is 4.79 Å². The van der Waals surface area contributed by atoms with E-state index in [1.807, 2.05) is 24.3 Å². The number of amides is 1. The Bertz CT molecular complexity index is 310. The minimum absolute atomic E-state index is 0.137. The highest BCUT2D eigenvalue weighted by Crippen LogP contribution is 2.20. The van der Waals surface area contributed by atoms with Gasteiger partial charge in [0, 0.05) is 23.5 Å². The van der Waals surface area contributed by atoms with Crippen LogP contribution >= 0.6 is 27.7 Å². The van der Waals surface area contributed by atoms with Crippen molar-refractivity contribution < 1.29 is 4.79 Å². The molecule has 1 rings (SSSR count). The van der Waals surface area contributed by atoms with Crippen LogP contribution in [-0.4, -0.2) is 30.7 Å². The van der Waals surface area contributed by atoms with E-state index in [0.717, 1.165) is 9.37 Å². The molecule has 0 radical (unpaired) electrons. The summed E-state index contributed by atoms with van der Waals surface area (Å²) in [7, 11) is 3.54. The second kappa shape index (κ2) is 5.41. The lowest BCUT2D eigenvalue weighted by molar-refractivity contribution is -0.125. The molecular weight excluding hydrogens is 262 g/mol. The summed E-state index contributed by atoms with van der Waals surface area (Å²) in [5.74, 6) is 0.632. The lowest BCUT2D eigenvalue weighted by Gasteiger charge is -2.09. The largest absolute Gasteiger partial charge is 0.348 e. The predicted octanol–water partition coefficient (Wildman–Crippen LogP) is 2.63. The molecule has 0 atom stereocenters. The molecule has 0 aromatic heterocycles. The second-order valence-electron chi connectivity index (χ2n) is 3.03. The zero-order chi connectivity index (χ0) is 10.6. The van der Waals surface area contributed by atoms with Gasteiger partial charge in [0.25, 0.3) is 0 Å². The molecule has 0 N–H and O–H groups in total.